The summed E-state index contributed by atoms with van der Waals surface area (Å²) in [6.07, 6.45) is 3.71. The van der Waals surface area contributed by atoms with Gasteiger partial charge in [-0.05, 0) is 43.5 Å². The molecule has 1 aromatic rings. The molecule has 104 valence electrons. The second-order valence-electron chi connectivity index (χ2n) is 5.21. The lowest BCUT2D eigenvalue weighted by Gasteiger charge is -2.27. The van der Waals surface area contributed by atoms with Crippen LogP contribution in [0.25, 0.3) is 0 Å². The van der Waals surface area contributed by atoms with E-state index < -0.39 is 17.2 Å². The van der Waals surface area contributed by atoms with Crippen molar-refractivity contribution in [3.8, 4) is 0 Å². The van der Waals surface area contributed by atoms with Crippen molar-refractivity contribution in [2.24, 2.45) is 0 Å². The van der Waals surface area contributed by atoms with Crippen LogP contribution in [0.2, 0.25) is 0 Å². The summed E-state index contributed by atoms with van der Waals surface area (Å²) in [7, 11) is 0. The monoisotopic (exact) mass is 267 g/mol. The minimum Gasteiger partial charge on any atom is -0.305 e. The Morgan fingerprint density at radius 1 is 1.37 bits per heavy atom. The van der Waals surface area contributed by atoms with Crippen LogP contribution in [-0.2, 0) is 11.2 Å². The van der Waals surface area contributed by atoms with Gasteiger partial charge in [-0.25, -0.2) is 8.78 Å². The first kappa shape index (κ1) is 14.1. The van der Waals surface area contributed by atoms with Crippen molar-refractivity contribution in [1.82, 2.24) is 5.32 Å². The highest BCUT2D eigenvalue weighted by molar-refractivity contribution is 5.90. The number of hydrogen-bond donors (Lipinski definition) is 1. The van der Waals surface area contributed by atoms with Gasteiger partial charge in [0, 0.05) is 6.42 Å². The molecule has 4 heteroatoms. The quantitative estimate of drug-likeness (QED) is 0.888. The van der Waals surface area contributed by atoms with E-state index in [2.05, 4.69) is 5.32 Å². The van der Waals surface area contributed by atoms with Gasteiger partial charge < -0.3 is 5.32 Å². The van der Waals surface area contributed by atoms with Crippen molar-refractivity contribution in [3.63, 3.8) is 0 Å². The topological polar surface area (TPSA) is 29.1 Å². The SMILES string of the molecule is CCCC1(C(=O)Cc2ccc(F)c(F)c2)CCCN1. The lowest BCUT2D eigenvalue weighted by Crippen LogP contribution is -2.48. The summed E-state index contributed by atoms with van der Waals surface area (Å²) in [5.74, 6) is -1.69. The van der Waals surface area contributed by atoms with Gasteiger partial charge in [0.25, 0.3) is 0 Å². The van der Waals surface area contributed by atoms with Crippen molar-refractivity contribution in [2.75, 3.05) is 6.54 Å². The lowest BCUT2D eigenvalue weighted by atomic mass is 9.84. The predicted octanol–water partition coefficient (Wildman–Crippen LogP) is 3.00. The average molecular weight is 267 g/mol. The van der Waals surface area contributed by atoms with Gasteiger partial charge >= 0.3 is 0 Å². The Kier molecular flexibility index (Phi) is 4.30. The molecular formula is C15H19F2NO. The zero-order valence-electron chi connectivity index (χ0n) is 11.1. The van der Waals surface area contributed by atoms with Gasteiger partial charge in [-0.1, -0.05) is 19.4 Å². The summed E-state index contributed by atoms with van der Waals surface area (Å²) in [4.78, 5) is 12.4. The van der Waals surface area contributed by atoms with Crippen molar-refractivity contribution < 1.29 is 13.6 Å². The highest BCUT2D eigenvalue weighted by Crippen LogP contribution is 2.27. The smallest absolute Gasteiger partial charge is 0.159 e. The third kappa shape index (κ3) is 3.00. The largest absolute Gasteiger partial charge is 0.305 e. The third-order valence-corrected chi connectivity index (χ3v) is 3.80. The molecule has 0 spiro atoms. The van der Waals surface area contributed by atoms with Crippen LogP contribution in [-0.4, -0.2) is 17.9 Å². The van der Waals surface area contributed by atoms with Gasteiger partial charge in [0.05, 0.1) is 5.54 Å². The van der Waals surface area contributed by atoms with Gasteiger partial charge in [-0.15, -0.1) is 0 Å². The Balaban J connectivity index is 2.12. The maximum atomic E-state index is 13.1. The van der Waals surface area contributed by atoms with Crippen molar-refractivity contribution >= 4 is 5.78 Å². The summed E-state index contributed by atoms with van der Waals surface area (Å²) >= 11 is 0. The minimum atomic E-state index is -0.894. The number of carbonyl (C=O) groups is 1. The molecule has 0 bridgehead atoms. The van der Waals surface area contributed by atoms with Gasteiger partial charge in [0.1, 0.15) is 0 Å². The van der Waals surface area contributed by atoms with Crippen LogP contribution in [0, 0.1) is 11.6 Å². The fraction of sp³-hybridized carbons (Fsp3) is 0.533. The van der Waals surface area contributed by atoms with Crippen LogP contribution in [0.1, 0.15) is 38.2 Å². The normalized spacial score (nSPS) is 22.7. The van der Waals surface area contributed by atoms with Gasteiger partial charge in [0.2, 0.25) is 0 Å². The standard InChI is InChI=1S/C15H19F2NO/c1-2-6-15(7-3-8-18-15)14(19)10-11-4-5-12(16)13(17)9-11/h4-5,9,18H,2-3,6-8,10H2,1H3. The van der Waals surface area contributed by atoms with Crippen LogP contribution in [0.5, 0.6) is 0 Å². The molecule has 0 amide bonds. The number of halogens is 2. The van der Waals surface area contributed by atoms with E-state index in [9.17, 15) is 13.6 Å². The zero-order chi connectivity index (χ0) is 13.9. The molecule has 2 rings (SSSR count). The number of ketones is 1. The lowest BCUT2D eigenvalue weighted by molar-refractivity contribution is -0.124. The number of benzene rings is 1. The molecule has 0 aliphatic carbocycles. The molecule has 0 radical (unpaired) electrons. The molecule has 1 heterocycles. The van der Waals surface area contributed by atoms with E-state index >= 15 is 0 Å². The van der Waals surface area contributed by atoms with Gasteiger partial charge in [0.15, 0.2) is 17.4 Å². The molecule has 0 saturated carbocycles. The van der Waals surface area contributed by atoms with E-state index in [0.29, 0.717) is 5.56 Å². The van der Waals surface area contributed by atoms with E-state index in [-0.39, 0.29) is 12.2 Å². The van der Waals surface area contributed by atoms with E-state index in [0.717, 1.165) is 44.4 Å². The first-order chi connectivity index (χ1) is 9.07. The molecule has 1 unspecified atom stereocenters. The van der Waals surface area contributed by atoms with Crippen molar-refractivity contribution in [2.45, 2.75) is 44.6 Å². The molecule has 1 aliphatic heterocycles. The highest BCUT2D eigenvalue weighted by Gasteiger charge is 2.39. The Morgan fingerprint density at radius 2 is 2.16 bits per heavy atom. The fourth-order valence-corrected chi connectivity index (χ4v) is 2.83. The number of nitrogens with one attached hydrogen (secondary N) is 1. The summed E-state index contributed by atoms with van der Waals surface area (Å²) < 4.78 is 26.0. The predicted molar refractivity (Wildman–Crippen MR) is 69.9 cm³/mol. The Morgan fingerprint density at radius 3 is 2.74 bits per heavy atom. The third-order valence-electron chi connectivity index (χ3n) is 3.80. The van der Waals surface area contributed by atoms with Crippen LogP contribution in [0.3, 0.4) is 0 Å². The molecule has 2 nitrogen and oxygen atoms in total. The van der Waals surface area contributed by atoms with E-state index in [4.69, 9.17) is 0 Å². The maximum absolute atomic E-state index is 13.1. The van der Waals surface area contributed by atoms with Gasteiger partial charge in [-0.3, -0.25) is 4.79 Å². The van der Waals surface area contributed by atoms with Crippen LogP contribution < -0.4 is 5.32 Å². The molecule has 1 atom stereocenters. The number of Topliss-reactive ketones (excluding diaryl/α,β-unsaturated/α-hetero) is 1. The first-order valence-corrected chi connectivity index (χ1v) is 6.79. The van der Waals surface area contributed by atoms with E-state index in [1.807, 2.05) is 6.92 Å². The van der Waals surface area contributed by atoms with E-state index in [1.54, 1.807) is 0 Å². The molecule has 1 aliphatic rings. The Hall–Kier alpha value is -1.29. The second-order valence-corrected chi connectivity index (χ2v) is 5.21. The molecule has 1 fully saturated rings. The number of carbonyl (C=O) groups excluding carboxylic acids is 1. The molecule has 0 aromatic heterocycles. The van der Waals surface area contributed by atoms with Crippen molar-refractivity contribution in [1.29, 1.82) is 0 Å². The first-order valence-electron chi connectivity index (χ1n) is 6.79. The molecule has 1 N–H and O–H groups in total. The summed E-state index contributed by atoms with van der Waals surface area (Å²) in [6, 6.07) is 3.67. The minimum absolute atomic E-state index is 0.0814. The average Bonchev–Trinajstić information content (AvgIpc) is 2.84. The molecule has 19 heavy (non-hydrogen) atoms. The Bertz CT molecular complexity index is 467. The van der Waals surface area contributed by atoms with Crippen molar-refractivity contribution in [3.05, 3.63) is 35.4 Å². The Labute approximate surface area is 112 Å². The zero-order valence-corrected chi connectivity index (χ0v) is 11.1. The van der Waals surface area contributed by atoms with Crippen LogP contribution in [0.15, 0.2) is 18.2 Å². The molecule has 1 saturated heterocycles. The van der Waals surface area contributed by atoms with Gasteiger partial charge in [-0.2, -0.15) is 0 Å². The molecule has 1 aromatic carbocycles. The van der Waals surface area contributed by atoms with E-state index in [1.165, 1.54) is 6.07 Å². The molecular weight excluding hydrogens is 248 g/mol. The summed E-state index contributed by atoms with van der Waals surface area (Å²) in [5.41, 5.74) is 0.0765. The van der Waals surface area contributed by atoms with Crippen LogP contribution in [0.4, 0.5) is 8.78 Å². The van der Waals surface area contributed by atoms with Crippen LogP contribution >= 0.6 is 0 Å². The summed E-state index contributed by atoms with van der Waals surface area (Å²) in [5, 5.41) is 3.30. The number of rotatable bonds is 5. The fourth-order valence-electron chi connectivity index (χ4n) is 2.83. The summed E-state index contributed by atoms with van der Waals surface area (Å²) in [6.45, 7) is 2.90. The maximum Gasteiger partial charge on any atom is 0.159 e. The second kappa shape index (κ2) is 5.78. The highest BCUT2D eigenvalue weighted by atomic mass is 19.2. The number of hydrogen-bond acceptors (Lipinski definition) is 2.